The molecule has 2 atom stereocenters. The molecule has 3 aromatic carbocycles. The fourth-order valence-electron chi connectivity index (χ4n) is 6.76. The Bertz CT molecular complexity index is 1850. The molecule has 0 aliphatic heterocycles. The minimum Gasteiger partial charge on any atom is -0.233 e. The van der Waals surface area contributed by atoms with E-state index in [9.17, 15) is 30.4 Å². The van der Waals surface area contributed by atoms with Crippen molar-refractivity contribution in [1.82, 2.24) is 14.1 Å². The van der Waals surface area contributed by atoms with Gasteiger partial charge in [-0.3, -0.25) is 0 Å². The highest BCUT2D eigenvalue weighted by molar-refractivity contribution is 7.88. The topological polar surface area (TPSA) is 55.2 Å². The molecular formula is C34H32F5N3O2S. The largest absolute Gasteiger partial charge is 0.416 e. The zero-order valence-corrected chi connectivity index (χ0v) is 25.4. The van der Waals surface area contributed by atoms with E-state index in [1.807, 2.05) is 0 Å². The van der Waals surface area contributed by atoms with Gasteiger partial charge in [0.05, 0.1) is 28.9 Å². The van der Waals surface area contributed by atoms with Crippen molar-refractivity contribution in [3.8, 4) is 5.69 Å². The van der Waals surface area contributed by atoms with Crippen LogP contribution in [0.3, 0.4) is 0 Å². The summed E-state index contributed by atoms with van der Waals surface area (Å²) in [6.45, 7) is 2.10. The SMILES string of the molecule is C[C@]12Cc3cnn(-c4ccc(F)cc4)c3C=C1CC[C@@H]2CN(CCc1ccccc1F)S(=O)(=O)Cc1ccccc1C(F)(F)F. The van der Waals surface area contributed by atoms with Gasteiger partial charge in [0.1, 0.15) is 11.6 Å². The van der Waals surface area contributed by atoms with Crippen molar-refractivity contribution in [1.29, 1.82) is 0 Å². The second kappa shape index (κ2) is 11.8. The van der Waals surface area contributed by atoms with Crippen LogP contribution in [0.5, 0.6) is 0 Å². The maximum Gasteiger partial charge on any atom is 0.416 e. The lowest BCUT2D eigenvalue weighted by Crippen LogP contribution is -2.42. The molecule has 45 heavy (non-hydrogen) atoms. The fraction of sp³-hybridized carbons (Fsp3) is 0.324. The predicted molar refractivity (Wildman–Crippen MR) is 162 cm³/mol. The van der Waals surface area contributed by atoms with Gasteiger partial charge in [0.2, 0.25) is 10.0 Å². The molecule has 2 aliphatic carbocycles. The quantitative estimate of drug-likeness (QED) is 0.177. The molecule has 11 heteroatoms. The highest BCUT2D eigenvalue weighted by Gasteiger charge is 2.47. The molecule has 0 spiro atoms. The smallest absolute Gasteiger partial charge is 0.233 e. The number of rotatable bonds is 9. The summed E-state index contributed by atoms with van der Waals surface area (Å²) < 4.78 is 100. The first-order valence-electron chi connectivity index (χ1n) is 14.8. The van der Waals surface area contributed by atoms with Crippen LogP contribution >= 0.6 is 0 Å². The van der Waals surface area contributed by atoms with Crippen LogP contribution in [0.4, 0.5) is 22.0 Å². The summed E-state index contributed by atoms with van der Waals surface area (Å²) >= 11 is 0. The number of hydrogen-bond acceptors (Lipinski definition) is 3. The van der Waals surface area contributed by atoms with E-state index in [0.29, 0.717) is 24.8 Å². The number of nitrogens with zero attached hydrogens (tertiary/aromatic N) is 3. The van der Waals surface area contributed by atoms with Gasteiger partial charge in [0.25, 0.3) is 0 Å². The number of sulfonamides is 1. The molecule has 1 saturated carbocycles. The summed E-state index contributed by atoms with van der Waals surface area (Å²) in [6, 6.07) is 16.8. The normalized spacial score (nSPS) is 19.8. The molecule has 2 aliphatic rings. The molecule has 0 radical (unpaired) electrons. The molecule has 0 bridgehead atoms. The lowest BCUT2D eigenvalue weighted by molar-refractivity contribution is -0.138. The van der Waals surface area contributed by atoms with Gasteiger partial charge in [-0.15, -0.1) is 0 Å². The van der Waals surface area contributed by atoms with E-state index < -0.39 is 38.7 Å². The van der Waals surface area contributed by atoms with Crippen LogP contribution in [0, 0.1) is 23.0 Å². The third kappa shape index (κ3) is 6.20. The van der Waals surface area contributed by atoms with Crippen LogP contribution in [0.2, 0.25) is 0 Å². The number of allylic oxidation sites excluding steroid dienone is 1. The highest BCUT2D eigenvalue weighted by atomic mass is 32.2. The summed E-state index contributed by atoms with van der Waals surface area (Å²) in [5.41, 5.74) is 2.32. The van der Waals surface area contributed by atoms with E-state index in [1.165, 1.54) is 40.7 Å². The van der Waals surface area contributed by atoms with Gasteiger partial charge in [-0.1, -0.05) is 48.9 Å². The molecule has 0 amide bonds. The van der Waals surface area contributed by atoms with Crippen molar-refractivity contribution in [2.24, 2.45) is 11.3 Å². The molecule has 236 valence electrons. The van der Waals surface area contributed by atoms with Gasteiger partial charge < -0.3 is 0 Å². The molecule has 5 nitrogen and oxygen atoms in total. The average molecular weight is 642 g/mol. The third-order valence-electron chi connectivity index (χ3n) is 9.29. The van der Waals surface area contributed by atoms with Gasteiger partial charge in [0, 0.05) is 13.1 Å². The fourth-order valence-corrected chi connectivity index (χ4v) is 8.36. The maximum atomic E-state index is 14.5. The maximum absolute atomic E-state index is 14.5. The Morgan fingerprint density at radius 1 is 0.978 bits per heavy atom. The Morgan fingerprint density at radius 2 is 1.67 bits per heavy atom. The molecule has 1 heterocycles. The van der Waals surface area contributed by atoms with Crippen LogP contribution in [0.25, 0.3) is 11.8 Å². The standard InChI is InChI=1S/C34H32F5N3O2S/c1-33-19-25-20-40-42(29-14-12-28(35)13-15-29)32(25)18-26(33)10-11-27(33)21-41(17-16-23-6-3-5-9-31(23)36)45(43,44)22-24-7-2-4-8-30(24)34(37,38)39/h2-9,12-15,18,20,27H,10-11,16-17,19,21-22H2,1H3/t27-,33+/m1/s1. The van der Waals surface area contributed by atoms with Crippen molar-refractivity contribution in [3.05, 3.63) is 124 Å². The second-order valence-corrected chi connectivity index (χ2v) is 14.0. The summed E-state index contributed by atoms with van der Waals surface area (Å²) in [5.74, 6) is -1.77. The van der Waals surface area contributed by atoms with E-state index in [1.54, 1.807) is 41.2 Å². The lowest BCUT2D eigenvalue weighted by Gasteiger charge is -2.38. The van der Waals surface area contributed by atoms with Crippen LogP contribution in [0.15, 0.2) is 84.6 Å². The van der Waals surface area contributed by atoms with Crippen molar-refractivity contribution in [2.45, 2.75) is 44.5 Å². The Kier molecular flexibility index (Phi) is 8.19. The third-order valence-corrected chi connectivity index (χ3v) is 11.1. The molecule has 0 unspecified atom stereocenters. The minimum atomic E-state index is -4.71. The first-order chi connectivity index (χ1) is 21.3. The van der Waals surface area contributed by atoms with E-state index in [0.717, 1.165) is 28.6 Å². The second-order valence-electron chi connectivity index (χ2n) is 12.1. The van der Waals surface area contributed by atoms with Crippen molar-refractivity contribution in [2.75, 3.05) is 13.1 Å². The van der Waals surface area contributed by atoms with E-state index in [4.69, 9.17) is 0 Å². The first kappa shape index (κ1) is 31.2. The molecule has 4 aromatic rings. The summed E-state index contributed by atoms with van der Waals surface area (Å²) in [5, 5.41) is 4.54. The zero-order valence-electron chi connectivity index (χ0n) is 24.6. The molecular weight excluding hydrogens is 609 g/mol. The summed E-state index contributed by atoms with van der Waals surface area (Å²) in [7, 11) is -4.24. The van der Waals surface area contributed by atoms with Gasteiger partial charge >= 0.3 is 6.18 Å². The highest BCUT2D eigenvalue weighted by Crippen LogP contribution is 2.53. The first-order valence-corrected chi connectivity index (χ1v) is 16.4. The van der Waals surface area contributed by atoms with E-state index in [-0.39, 0.29) is 36.8 Å². The monoisotopic (exact) mass is 641 g/mol. The molecule has 0 N–H and O–H groups in total. The van der Waals surface area contributed by atoms with E-state index in [2.05, 4.69) is 18.1 Å². The van der Waals surface area contributed by atoms with Crippen molar-refractivity contribution in [3.63, 3.8) is 0 Å². The van der Waals surface area contributed by atoms with Gasteiger partial charge in [-0.25, -0.2) is 26.2 Å². The Hall–Kier alpha value is -3.83. The Morgan fingerprint density at radius 3 is 2.38 bits per heavy atom. The van der Waals surface area contributed by atoms with Crippen LogP contribution in [-0.4, -0.2) is 35.6 Å². The Balaban J connectivity index is 1.30. The number of fused-ring (bicyclic) bond motifs is 2. The predicted octanol–water partition coefficient (Wildman–Crippen LogP) is 7.60. The molecule has 6 rings (SSSR count). The lowest BCUT2D eigenvalue weighted by atomic mass is 9.70. The van der Waals surface area contributed by atoms with E-state index >= 15 is 0 Å². The number of hydrogen-bond donors (Lipinski definition) is 0. The number of halogens is 5. The minimum absolute atomic E-state index is 0.0726. The van der Waals surface area contributed by atoms with Crippen LogP contribution in [-0.2, 0) is 34.8 Å². The summed E-state index contributed by atoms with van der Waals surface area (Å²) in [4.78, 5) is 0. The molecule has 1 fully saturated rings. The average Bonchev–Trinajstić information content (AvgIpc) is 3.53. The Labute approximate surface area is 259 Å². The van der Waals surface area contributed by atoms with Gasteiger partial charge in [-0.2, -0.15) is 18.3 Å². The van der Waals surface area contributed by atoms with Crippen LogP contribution in [0.1, 0.15) is 47.7 Å². The van der Waals surface area contributed by atoms with Crippen molar-refractivity contribution >= 4 is 16.1 Å². The number of aromatic nitrogens is 2. The molecule has 1 aromatic heterocycles. The van der Waals surface area contributed by atoms with Crippen molar-refractivity contribution < 1.29 is 30.4 Å². The number of benzene rings is 3. The zero-order chi connectivity index (χ0) is 32.0. The molecule has 0 saturated heterocycles. The van der Waals surface area contributed by atoms with Gasteiger partial charge in [0.15, 0.2) is 0 Å². The summed E-state index contributed by atoms with van der Waals surface area (Å²) in [6.07, 6.45) is 1.21. The van der Waals surface area contributed by atoms with Crippen LogP contribution < -0.4 is 0 Å². The van der Waals surface area contributed by atoms with Gasteiger partial charge in [-0.05, 0) is 96.2 Å². The number of alkyl halides is 3.